The molecule has 2 aromatic carbocycles. The van der Waals surface area contributed by atoms with Crippen molar-refractivity contribution in [2.75, 3.05) is 13.1 Å². The van der Waals surface area contributed by atoms with E-state index in [9.17, 15) is 14.3 Å². The van der Waals surface area contributed by atoms with Crippen LogP contribution in [0.2, 0.25) is 0 Å². The normalized spacial score (nSPS) is 14.9. The first kappa shape index (κ1) is 28.4. The molecule has 43 heavy (non-hydrogen) atoms. The Morgan fingerprint density at radius 3 is 2.72 bits per heavy atom. The highest BCUT2D eigenvalue weighted by atomic mass is 32.1. The number of hydrogen-bond acceptors (Lipinski definition) is 9. The molecule has 6 rings (SSSR count). The van der Waals surface area contributed by atoms with Crippen LogP contribution in [0, 0.1) is 17.1 Å². The fraction of sp³-hybridized carbons (Fsp3) is 0.290. The molecule has 0 bridgehead atoms. The van der Waals surface area contributed by atoms with E-state index in [1.807, 2.05) is 12.3 Å². The van der Waals surface area contributed by atoms with Crippen LogP contribution in [-0.4, -0.2) is 53.6 Å². The quantitative estimate of drug-likeness (QED) is 0.244. The maximum Gasteiger partial charge on any atom is 0.335 e. The van der Waals surface area contributed by atoms with Gasteiger partial charge >= 0.3 is 5.97 Å². The molecule has 0 amide bonds. The van der Waals surface area contributed by atoms with Crippen LogP contribution in [0.15, 0.2) is 60.4 Å². The number of carbonyl (C=O) groups is 1. The van der Waals surface area contributed by atoms with Gasteiger partial charge in [0, 0.05) is 34.3 Å². The van der Waals surface area contributed by atoms with Crippen LogP contribution in [0.25, 0.3) is 11.0 Å². The number of benzene rings is 2. The lowest BCUT2D eigenvalue weighted by Gasteiger charge is -2.38. The van der Waals surface area contributed by atoms with Crippen LogP contribution in [0.5, 0.6) is 5.88 Å². The third kappa shape index (κ3) is 6.09. The Labute approximate surface area is 251 Å². The maximum absolute atomic E-state index is 14.3. The van der Waals surface area contributed by atoms with Gasteiger partial charge in [-0.2, -0.15) is 10.2 Å². The summed E-state index contributed by atoms with van der Waals surface area (Å²) in [6, 6.07) is 12.9. The van der Waals surface area contributed by atoms with Gasteiger partial charge in [-0.25, -0.2) is 19.2 Å². The molecular weight excluding hydrogens is 569 g/mol. The Kier molecular flexibility index (Phi) is 7.84. The van der Waals surface area contributed by atoms with E-state index in [1.165, 1.54) is 6.07 Å². The Hall–Kier alpha value is -4.73. The van der Waals surface area contributed by atoms with Crippen LogP contribution in [0.4, 0.5) is 4.39 Å². The lowest BCUT2D eigenvalue weighted by molar-refractivity contribution is 0.0697. The summed E-state index contributed by atoms with van der Waals surface area (Å²) in [5.41, 5.74) is 3.90. The second-order valence-corrected chi connectivity index (χ2v) is 11.8. The predicted octanol–water partition coefficient (Wildman–Crippen LogP) is 5.17. The Morgan fingerprint density at radius 1 is 1.16 bits per heavy atom. The van der Waals surface area contributed by atoms with Gasteiger partial charge in [0.25, 0.3) is 0 Å². The molecule has 5 aromatic rings. The highest BCUT2D eigenvalue weighted by molar-refractivity contribution is 7.09. The molecule has 0 atom stereocenters. The van der Waals surface area contributed by atoms with Gasteiger partial charge in [-0.15, -0.1) is 11.3 Å². The number of thiazole rings is 1. The van der Waals surface area contributed by atoms with Gasteiger partial charge in [-0.1, -0.05) is 13.0 Å². The summed E-state index contributed by atoms with van der Waals surface area (Å²) in [7, 11) is 0. The third-order valence-corrected chi connectivity index (χ3v) is 8.69. The molecule has 1 N–H and O–H groups in total. The Morgan fingerprint density at radius 2 is 2.00 bits per heavy atom. The number of rotatable bonds is 9. The zero-order chi connectivity index (χ0) is 30.0. The monoisotopic (exact) mass is 597 g/mol. The number of carboxylic acid groups (broad SMARTS) is 1. The van der Waals surface area contributed by atoms with Crippen LogP contribution >= 0.6 is 11.3 Å². The molecule has 3 aromatic heterocycles. The van der Waals surface area contributed by atoms with E-state index in [4.69, 9.17) is 15.0 Å². The highest BCUT2D eigenvalue weighted by Gasteiger charge is 2.35. The first-order valence-electron chi connectivity index (χ1n) is 13.8. The van der Waals surface area contributed by atoms with Crippen molar-refractivity contribution in [2.24, 2.45) is 0 Å². The number of halogens is 1. The number of aromatic carboxylic acids is 1. The minimum atomic E-state index is -0.970. The number of imidazole rings is 1. The zero-order valence-corrected chi connectivity index (χ0v) is 24.2. The molecule has 1 aliphatic heterocycles. The van der Waals surface area contributed by atoms with E-state index in [-0.39, 0.29) is 23.1 Å². The maximum atomic E-state index is 14.3. The van der Waals surface area contributed by atoms with Crippen molar-refractivity contribution in [2.45, 2.75) is 44.9 Å². The molecule has 0 aliphatic carbocycles. The van der Waals surface area contributed by atoms with Crippen LogP contribution in [0.3, 0.4) is 0 Å². The van der Waals surface area contributed by atoms with Crippen LogP contribution in [-0.2, 0) is 25.1 Å². The summed E-state index contributed by atoms with van der Waals surface area (Å²) < 4.78 is 22.2. The van der Waals surface area contributed by atoms with E-state index < -0.39 is 11.8 Å². The van der Waals surface area contributed by atoms with Gasteiger partial charge in [0.1, 0.15) is 24.1 Å². The van der Waals surface area contributed by atoms with E-state index in [0.717, 1.165) is 47.7 Å². The predicted molar refractivity (Wildman–Crippen MR) is 157 cm³/mol. The van der Waals surface area contributed by atoms with Crippen molar-refractivity contribution >= 4 is 28.3 Å². The summed E-state index contributed by atoms with van der Waals surface area (Å²) >= 11 is 1.55. The minimum Gasteiger partial charge on any atom is -0.478 e. The SMILES string of the molecule is CC1(c2nccc(OCc3ccc(C#N)cc3F)n2)CCN(Cc2nc3ccc(C(=O)O)cc3n2Cc2cncs2)CC1. The second kappa shape index (κ2) is 11.9. The first-order chi connectivity index (χ1) is 20.8. The van der Waals surface area contributed by atoms with E-state index in [1.54, 1.807) is 59.4 Å². The van der Waals surface area contributed by atoms with Gasteiger partial charge < -0.3 is 14.4 Å². The van der Waals surface area contributed by atoms with Crippen LogP contribution in [0.1, 0.15) is 57.8 Å². The summed E-state index contributed by atoms with van der Waals surface area (Å²) in [4.78, 5) is 33.4. The molecule has 12 heteroatoms. The molecule has 1 fully saturated rings. The van der Waals surface area contributed by atoms with Gasteiger partial charge in [-0.3, -0.25) is 9.88 Å². The minimum absolute atomic E-state index is 0.00498. The average molecular weight is 598 g/mol. The zero-order valence-electron chi connectivity index (χ0n) is 23.4. The highest BCUT2D eigenvalue weighted by Crippen LogP contribution is 2.34. The van der Waals surface area contributed by atoms with Crippen molar-refractivity contribution in [3.05, 3.63) is 99.4 Å². The summed E-state index contributed by atoms with van der Waals surface area (Å²) in [5.74, 6) is 0.465. The number of ether oxygens (including phenoxy) is 1. The largest absolute Gasteiger partial charge is 0.478 e. The lowest BCUT2D eigenvalue weighted by Crippen LogP contribution is -2.41. The summed E-state index contributed by atoms with van der Waals surface area (Å²) in [6.07, 6.45) is 5.13. The third-order valence-electron chi connectivity index (χ3n) is 7.92. The number of likely N-dealkylation sites (tertiary alicyclic amines) is 1. The van der Waals surface area contributed by atoms with Crippen molar-refractivity contribution in [1.82, 2.24) is 29.4 Å². The van der Waals surface area contributed by atoms with E-state index >= 15 is 0 Å². The molecule has 0 unspecified atom stereocenters. The number of fused-ring (bicyclic) bond motifs is 1. The van der Waals surface area contributed by atoms with Crippen molar-refractivity contribution in [1.29, 1.82) is 5.26 Å². The number of piperidine rings is 1. The first-order valence-corrected chi connectivity index (χ1v) is 14.7. The summed E-state index contributed by atoms with van der Waals surface area (Å²) in [5, 5.41) is 18.5. The van der Waals surface area contributed by atoms with E-state index in [2.05, 4.69) is 31.3 Å². The molecule has 0 saturated carbocycles. The Bertz CT molecular complexity index is 1830. The molecule has 1 saturated heterocycles. The summed E-state index contributed by atoms with van der Waals surface area (Å²) in [6.45, 7) is 4.92. The molecule has 0 spiro atoms. The van der Waals surface area contributed by atoms with Crippen molar-refractivity contribution in [3.63, 3.8) is 0 Å². The van der Waals surface area contributed by atoms with Crippen molar-refractivity contribution < 1.29 is 19.0 Å². The van der Waals surface area contributed by atoms with Crippen LogP contribution < -0.4 is 4.74 Å². The number of aromatic nitrogens is 5. The molecular formula is C31H28FN7O3S. The molecule has 0 radical (unpaired) electrons. The lowest BCUT2D eigenvalue weighted by atomic mass is 9.79. The molecule has 10 nitrogen and oxygen atoms in total. The standard InChI is InChI=1S/C31H28FN7O3S/c1-31(30-35-9-6-28(37-30)42-18-22-3-2-20(14-33)12-24(22)32)7-10-38(11-8-31)17-27-36-25-5-4-21(29(40)41)13-26(25)39(27)16-23-15-34-19-43-23/h2-6,9,12-13,15,19H,7-8,10-11,16-18H2,1H3,(H,40,41). The topological polar surface area (TPSA) is 130 Å². The number of nitriles is 1. The Balaban J connectivity index is 1.15. The van der Waals surface area contributed by atoms with Crippen molar-refractivity contribution in [3.8, 4) is 11.9 Å². The number of nitrogens with zero attached hydrogens (tertiary/aromatic N) is 7. The van der Waals surface area contributed by atoms with E-state index in [0.29, 0.717) is 30.4 Å². The van der Waals surface area contributed by atoms with Gasteiger partial charge in [-0.05, 0) is 56.3 Å². The molecule has 4 heterocycles. The van der Waals surface area contributed by atoms with Gasteiger partial charge in [0.2, 0.25) is 5.88 Å². The second-order valence-electron chi connectivity index (χ2n) is 10.9. The fourth-order valence-corrected chi connectivity index (χ4v) is 5.89. The number of hydrogen-bond donors (Lipinski definition) is 1. The van der Waals surface area contributed by atoms with Gasteiger partial charge in [0.05, 0.1) is 46.8 Å². The number of carboxylic acids is 1. The molecule has 1 aliphatic rings. The fourth-order valence-electron chi connectivity index (χ4n) is 5.31. The smallest absolute Gasteiger partial charge is 0.335 e. The average Bonchev–Trinajstić information content (AvgIpc) is 3.65. The molecule has 218 valence electrons. The van der Waals surface area contributed by atoms with Gasteiger partial charge in [0.15, 0.2) is 0 Å².